The molecule has 1 atom stereocenters. The van der Waals surface area contributed by atoms with Crippen LogP contribution in [0.15, 0.2) is 179 Å². The van der Waals surface area contributed by atoms with Crippen molar-refractivity contribution in [3.63, 3.8) is 0 Å². The quantitative estimate of drug-likeness (QED) is 0.193. The van der Waals surface area contributed by atoms with Crippen LogP contribution in [0.1, 0.15) is 67.6 Å². The van der Waals surface area contributed by atoms with Crippen molar-refractivity contribution in [3.05, 3.63) is 197 Å². The van der Waals surface area contributed by atoms with Gasteiger partial charge in [0.2, 0.25) is 0 Å². The Kier molecular flexibility index (Phi) is 7.92. The molecule has 0 bridgehead atoms. The maximum atomic E-state index is 6.59. The van der Waals surface area contributed by atoms with Crippen molar-refractivity contribution in [2.45, 2.75) is 45.2 Å². The summed E-state index contributed by atoms with van der Waals surface area (Å²) in [6.45, 7) is 6.92. The molecule has 1 N–H and O–H groups in total. The molecule has 7 aromatic carbocycles. The monoisotopic (exact) mass is 710 g/mol. The van der Waals surface area contributed by atoms with Crippen LogP contribution in [-0.4, -0.2) is 5.71 Å². The molecule has 266 valence electrons. The van der Waals surface area contributed by atoms with E-state index in [9.17, 15) is 0 Å². The van der Waals surface area contributed by atoms with Crippen molar-refractivity contribution in [2.24, 2.45) is 4.99 Å². The lowest BCUT2D eigenvalue weighted by atomic mass is 9.82. The van der Waals surface area contributed by atoms with Crippen molar-refractivity contribution >= 4 is 33.3 Å². The highest BCUT2D eigenvalue weighted by Crippen LogP contribution is 2.50. The molecule has 1 unspecified atom stereocenters. The lowest BCUT2D eigenvalue weighted by Crippen LogP contribution is -2.23. The van der Waals surface area contributed by atoms with Gasteiger partial charge in [-0.15, -0.1) is 0 Å². The fraction of sp³-hybridized carbons (Fsp3) is 0.135. The predicted octanol–water partition coefficient (Wildman–Crippen LogP) is 13.5. The highest BCUT2D eigenvalue weighted by molar-refractivity contribution is 6.09. The first-order valence-electron chi connectivity index (χ1n) is 19.4. The van der Waals surface area contributed by atoms with Crippen molar-refractivity contribution in [1.82, 2.24) is 5.32 Å². The molecule has 2 heterocycles. The van der Waals surface area contributed by atoms with Crippen LogP contribution in [0.3, 0.4) is 0 Å². The summed E-state index contributed by atoms with van der Waals surface area (Å²) in [5.74, 6) is 0. The molecule has 0 radical (unpaired) electrons. The Hall–Kier alpha value is -6.45. The molecule has 2 aliphatic rings. The van der Waals surface area contributed by atoms with E-state index >= 15 is 0 Å². The minimum atomic E-state index is -0.346. The normalized spacial score (nSPS) is 18.5. The minimum Gasteiger partial charge on any atom is -0.456 e. The van der Waals surface area contributed by atoms with Gasteiger partial charge in [0.05, 0.1) is 0 Å². The molecule has 0 fully saturated rings. The van der Waals surface area contributed by atoms with Gasteiger partial charge in [0.1, 0.15) is 17.3 Å². The third-order valence-corrected chi connectivity index (χ3v) is 11.9. The van der Waals surface area contributed by atoms with E-state index in [1.54, 1.807) is 0 Å². The van der Waals surface area contributed by atoms with E-state index in [1.165, 1.54) is 50.1 Å². The van der Waals surface area contributed by atoms with Crippen LogP contribution in [0.5, 0.6) is 0 Å². The molecule has 1 aromatic heterocycles. The van der Waals surface area contributed by atoms with Crippen molar-refractivity contribution in [3.8, 4) is 33.4 Å². The van der Waals surface area contributed by atoms with Gasteiger partial charge in [0.15, 0.2) is 0 Å². The number of rotatable bonds is 5. The summed E-state index contributed by atoms with van der Waals surface area (Å²) in [5.41, 5.74) is 18.9. The van der Waals surface area contributed by atoms with Crippen molar-refractivity contribution in [2.75, 3.05) is 0 Å². The van der Waals surface area contributed by atoms with E-state index in [4.69, 9.17) is 9.41 Å². The van der Waals surface area contributed by atoms with Crippen LogP contribution in [0, 0.1) is 0 Å². The Morgan fingerprint density at radius 3 is 1.98 bits per heavy atom. The van der Waals surface area contributed by atoms with Gasteiger partial charge < -0.3 is 9.73 Å². The molecule has 0 saturated carbocycles. The lowest BCUT2D eigenvalue weighted by molar-refractivity contribution is 0.654. The average molecular weight is 711 g/mol. The summed E-state index contributed by atoms with van der Waals surface area (Å²) in [6.07, 6.45) is 1.42. The van der Waals surface area contributed by atoms with Crippen LogP contribution >= 0.6 is 0 Å². The van der Waals surface area contributed by atoms with E-state index in [0.29, 0.717) is 0 Å². The molecule has 0 amide bonds. The number of hydrogen-bond donors (Lipinski definition) is 1. The van der Waals surface area contributed by atoms with Crippen LogP contribution in [0.25, 0.3) is 61.0 Å². The molecule has 1 aliphatic heterocycles. The van der Waals surface area contributed by atoms with Gasteiger partial charge in [-0.2, -0.15) is 0 Å². The van der Waals surface area contributed by atoms with Gasteiger partial charge in [0.25, 0.3) is 0 Å². The zero-order valence-corrected chi connectivity index (χ0v) is 31.4. The van der Waals surface area contributed by atoms with Gasteiger partial charge in [-0.05, 0) is 105 Å². The van der Waals surface area contributed by atoms with E-state index in [-0.39, 0.29) is 11.6 Å². The number of benzene rings is 7. The largest absolute Gasteiger partial charge is 0.456 e. The fourth-order valence-electron chi connectivity index (χ4n) is 8.89. The molecule has 3 nitrogen and oxygen atoms in total. The molecular formula is C52H42N2O. The second-order valence-electron chi connectivity index (χ2n) is 15.6. The van der Waals surface area contributed by atoms with Gasteiger partial charge >= 0.3 is 0 Å². The topological polar surface area (TPSA) is 37.5 Å². The first kappa shape index (κ1) is 33.1. The number of furan rings is 1. The van der Waals surface area contributed by atoms with Crippen LogP contribution in [0.2, 0.25) is 0 Å². The highest BCUT2D eigenvalue weighted by atomic mass is 16.3. The zero-order valence-electron chi connectivity index (χ0n) is 31.4. The standard InChI is InChI=1S/C52H42N2O/c1-33-21-29-46(36-15-8-5-9-16-36)53-51(54-50(33)37-24-22-35(23-25-37)34-13-6-4-7-14-34)41-18-12-20-48-49(41)43-32-39(27-30-47(43)55-48)38-26-28-45-42(31-38)40-17-10-11-19-44(40)52(45,2)3/h4-20,22-28,30-32,51,54H,21,29H2,1-3H3/b50-33+,53-46+. The summed E-state index contributed by atoms with van der Waals surface area (Å²) >= 11 is 0. The smallest absolute Gasteiger partial charge is 0.145 e. The molecule has 55 heavy (non-hydrogen) atoms. The number of nitrogens with zero attached hydrogens (tertiary/aromatic N) is 1. The third-order valence-electron chi connectivity index (χ3n) is 11.9. The Bertz CT molecular complexity index is 2800. The van der Waals surface area contributed by atoms with Crippen LogP contribution < -0.4 is 5.32 Å². The lowest BCUT2D eigenvalue weighted by Gasteiger charge is -2.26. The maximum Gasteiger partial charge on any atom is 0.145 e. The molecule has 0 saturated heterocycles. The number of fused-ring (bicyclic) bond motifs is 6. The van der Waals surface area contributed by atoms with Crippen LogP contribution in [-0.2, 0) is 5.41 Å². The first-order chi connectivity index (χ1) is 26.9. The average Bonchev–Trinajstić information content (AvgIpc) is 3.72. The van der Waals surface area contributed by atoms with Crippen molar-refractivity contribution < 1.29 is 4.42 Å². The van der Waals surface area contributed by atoms with E-state index in [2.05, 4.69) is 190 Å². The highest BCUT2D eigenvalue weighted by Gasteiger charge is 2.35. The summed E-state index contributed by atoms with van der Waals surface area (Å²) in [6, 6.07) is 59.0. The van der Waals surface area contributed by atoms with Gasteiger partial charge in [-0.1, -0.05) is 153 Å². The molecule has 0 spiro atoms. The van der Waals surface area contributed by atoms with Gasteiger partial charge in [-0.3, -0.25) is 4.99 Å². The number of allylic oxidation sites excluding steroid dienone is 1. The van der Waals surface area contributed by atoms with Gasteiger partial charge in [0, 0.05) is 33.2 Å². The Balaban J connectivity index is 1.10. The summed E-state index contributed by atoms with van der Waals surface area (Å²) in [5, 5.41) is 6.18. The Labute approximate surface area is 322 Å². The van der Waals surface area contributed by atoms with Gasteiger partial charge in [-0.25, -0.2) is 0 Å². The second kappa shape index (κ2) is 13.1. The molecule has 10 rings (SSSR count). The van der Waals surface area contributed by atoms with E-state index in [1.807, 2.05) is 0 Å². The van der Waals surface area contributed by atoms with E-state index < -0.39 is 0 Å². The zero-order chi connectivity index (χ0) is 37.1. The SMILES string of the molecule is C/C1=C(/c2ccc(-c3ccccc3)cc2)NC(c2cccc3oc4ccc(-c5ccc6c(c5)-c5ccccc5C6(C)C)cc4c23)/N=C(/c2ccccc2)CC1. The first-order valence-corrected chi connectivity index (χ1v) is 19.4. The summed E-state index contributed by atoms with van der Waals surface area (Å²) < 4.78 is 6.59. The van der Waals surface area contributed by atoms with Crippen molar-refractivity contribution in [1.29, 1.82) is 0 Å². The van der Waals surface area contributed by atoms with Crippen LogP contribution in [0.4, 0.5) is 0 Å². The molecular weight excluding hydrogens is 669 g/mol. The predicted molar refractivity (Wildman–Crippen MR) is 229 cm³/mol. The summed E-state index contributed by atoms with van der Waals surface area (Å²) in [7, 11) is 0. The number of aliphatic imine (C=N–C) groups is 1. The number of nitrogens with one attached hydrogen (secondary N) is 1. The minimum absolute atomic E-state index is 0.0244. The Morgan fingerprint density at radius 2 is 1.18 bits per heavy atom. The molecule has 1 aliphatic carbocycles. The fourth-order valence-corrected chi connectivity index (χ4v) is 8.89. The molecule has 8 aromatic rings. The van der Waals surface area contributed by atoms with E-state index in [0.717, 1.165) is 62.9 Å². The Morgan fingerprint density at radius 1 is 0.545 bits per heavy atom. The number of hydrogen-bond acceptors (Lipinski definition) is 3. The molecule has 3 heteroatoms. The second-order valence-corrected chi connectivity index (χ2v) is 15.6. The maximum absolute atomic E-state index is 6.59. The third kappa shape index (κ3) is 5.70. The summed E-state index contributed by atoms with van der Waals surface area (Å²) in [4.78, 5) is 5.57.